The van der Waals surface area contributed by atoms with E-state index in [2.05, 4.69) is 19.9 Å². The maximum Gasteiger partial charge on any atom is 0.231 e. The molecule has 0 spiro atoms. The molecule has 7 heteroatoms. The summed E-state index contributed by atoms with van der Waals surface area (Å²) in [6.45, 7) is 5.99. The molecule has 0 aliphatic heterocycles. The van der Waals surface area contributed by atoms with Crippen molar-refractivity contribution in [3.8, 4) is 11.8 Å². The average molecular weight is 451 g/mol. The molecule has 138 valence electrons. The number of fused-ring (bicyclic) bond motifs is 1. The van der Waals surface area contributed by atoms with Crippen LogP contribution in [0.3, 0.4) is 0 Å². The van der Waals surface area contributed by atoms with Crippen LogP contribution in [0.1, 0.15) is 54.5 Å². The molecular formula is C19H17Cl5N2. The quantitative estimate of drug-likeness (QED) is 0.443. The second kappa shape index (κ2) is 6.50. The Balaban J connectivity index is 2.56. The van der Waals surface area contributed by atoms with Gasteiger partial charge in [0.25, 0.3) is 0 Å². The normalized spacial score (nSPS) is 21.7. The largest absolute Gasteiger partial charge is 0.310 e. The van der Waals surface area contributed by atoms with Crippen molar-refractivity contribution in [3.05, 3.63) is 52.8 Å². The Morgan fingerprint density at radius 2 is 1.65 bits per heavy atom. The molecule has 0 radical (unpaired) electrons. The van der Waals surface area contributed by atoms with Gasteiger partial charge in [-0.3, -0.25) is 0 Å². The summed E-state index contributed by atoms with van der Waals surface area (Å²) in [5, 5.41) is 9.95. The molecule has 1 unspecified atom stereocenters. The van der Waals surface area contributed by atoms with Crippen molar-refractivity contribution in [1.29, 1.82) is 5.26 Å². The number of benzene rings is 1. The Hall–Kier alpha value is -0.560. The second-order valence-corrected chi connectivity index (χ2v) is 10.8. The summed E-state index contributed by atoms with van der Waals surface area (Å²) >= 11 is 32.0. The van der Waals surface area contributed by atoms with Gasteiger partial charge in [-0.15, -0.1) is 0 Å². The van der Waals surface area contributed by atoms with E-state index in [0.717, 1.165) is 16.8 Å². The molecule has 0 bridgehead atoms. The van der Waals surface area contributed by atoms with Crippen molar-refractivity contribution < 1.29 is 0 Å². The van der Waals surface area contributed by atoms with Crippen molar-refractivity contribution in [2.24, 2.45) is 0 Å². The molecule has 0 saturated carbocycles. The van der Waals surface area contributed by atoms with Crippen LogP contribution in [0.15, 0.2) is 30.3 Å². The van der Waals surface area contributed by atoms with Crippen LogP contribution >= 0.6 is 58.0 Å². The van der Waals surface area contributed by atoms with E-state index >= 15 is 0 Å². The Bertz CT molecular complexity index is 887. The molecule has 2 aromatic rings. The number of alkyl halides is 5. The fraction of sp³-hybridized carbons (Fsp3) is 0.421. The molecule has 1 heterocycles. The molecule has 1 aromatic carbocycles. The van der Waals surface area contributed by atoms with E-state index in [-0.39, 0.29) is 5.41 Å². The fourth-order valence-electron chi connectivity index (χ4n) is 4.29. The highest BCUT2D eigenvalue weighted by Gasteiger charge is 2.54. The van der Waals surface area contributed by atoms with E-state index in [1.165, 1.54) is 0 Å². The smallest absolute Gasteiger partial charge is 0.231 e. The van der Waals surface area contributed by atoms with Gasteiger partial charge in [0.05, 0.1) is 22.9 Å². The number of hydrogen-bond donors (Lipinski definition) is 0. The summed E-state index contributed by atoms with van der Waals surface area (Å²) in [4.78, 5) is -0.842. The lowest BCUT2D eigenvalue weighted by molar-refractivity contribution is 0.433. The predicted molar refractivity (Wildman–Crippen MR) is 110 cm³/mol. The summed E-state index contributed by atoms with van der Waals surface area (Å²) in [5.74, 6) is 0. The minimum absolute atomic E-state index is 0.345. The molecule has 3 rings (SSSR count). The van der Waals surface area contributed by atoms with Crippen LogP contribution in [0.5, 0.6) is 0 Å². The predicted octanol–water partition coefficient (Wildman–Crippen LogP) is 7.24. The van der Waals surface area contributed by atoms with Gasteiger partial charge in [0, 0.05) is 11.3 Å². The lowest BCUT2D eigenvalue weighted by atomic mass is 9.80. The highest BCUT2D eigenvalue weighted by molar-refractivity contribution is 6.66. The number of nitrogens with zero attached hydrogens (tertiary/aromatic N) is 2. The van der Waals surface area contributed by atoms with Crippen LogP contribution in [0.2, 0.25) is 0 Å². The van der Waals surface area contributed by atoms with Gasteiger partial charge in [-0.05, 0) is 36.5 Å². The molecule has 1 aromatic heterocycles. The maximum atomic E-state index is 9.95. The summed E-state index contributed by atoms with van der Waals surface area (Å²) in [6.07, 6.45) is 0.595. The second-order valence-electron chi connectivity index (χ2n) is 7.46. The summed E-state index contributed by atoms with van der Waals surface area (Å²) in [6, 6.07) is 11.9. The Labute approximate surface area is 178 Å². The zero-order valence-corrected chi connectivity index (χ0v) is 18.2. The third kappa shape index (κ3) is 3.03. The molecule has 0 amide bonds. The Kier molecular flexibility index (Phi) is 5.05. The van der Waals surface area contributed by atoms with Crippen LogP contribution in [0.25, 0.3) is 5.69 Å². The van der Waals surface area contributed by atoms with Gasteiger partial charge in [0.1, 0.15) is 4.84 Å². The van der Waals surface area contributed by atoms with Crippen molar-refractivity contribution >= 4 is 58.0 Å². The number of aromatic nitrogens is 1. The average Bonchev–Trinajstić information content (AvgIpc) is 3.01. The van der Waals surface area contributed by atoms with E-state index < -0.39 is 14.0 Å². The highest BCUT2D eigenvalue weighted by atomic mass is 35.6. The first-order chi connectivity index (χ1) is 11.9. The van der Waals surface area contributed by atoms with E-state index in [4.69, 9.17) is 58.0 Å². The SMILES string of the molecule is CC1(C)CC(C)(C#N)c2c1c(C(Cl)Cl)n(-c1ccccc1)c2C(Cl)(Cl)Cl. The fourth-order valence-corrected chi connectivity index (χ4v) is 5.24. The van der Waals surface area contributed by atoms with Crippen molar-refractivity contribution in [2.45, 2.75) is 46.7 Å². The van der Waals surface area contributed by atoms with Gasteiger partial charge in [-0.25, -0.2) is 0 Å². The topological polar surface area (TPSA) is 28.7 Å². The first-order valence-electron chi connectivity index (χ1n) is 8.05. The Morgan fingerprint density at radius 1 is 1.08 bits per heavy atom. The highest BCUT2D eigenvalue weighted by Crippen LogP contribution is 2.59. The summed E-state index contributed by atoms with van der Waals surface area (Å²) in [7, 11) is 0. The van der Waals surface area contributed by atoms with Gasteiger partial charge in [-0.1, -0.05) is 90.1 Å². The van der Waals surface area contributed by atoms with Crippen molar-refractivity contribution in [1.82, 2.24) is 4.57 Å². The monoisotopic (exact) mass is 448 g/mol. The molecule has 2 nitrogen and oxygen atoms in total. The summed E-state index contributed by atoms with van der Waals surface area (Å²) in [5.41, 5.74) is 2.31. The van der Waals surface area contributed by atoms with Gasteiger partial charge >= 0.3 is 0 Å². The minimum atomic E-state index is -1.75. The molecular weight excluding hydrogens is 433 g/mol. The van der Waals surface area contributed by atoms with Crippen LogP contribution < -0.4 is 0 Å². The zero-order chi connectivity index (χ0) is 19.5. The number of nitriles is 1. The lowest BCUT2D eigenvalue weighted by Gasteiger charge is -2.27. The molecule has 1 atom stereocenters. The van der Waals surface area contributed by atoms with Gasteiger partial charge in [0.15, 0.2) is 0 Å². The Morgan fingerprint density at radius 3 is 2.12 bits per heavy atom. The molecule has 0 fully saturated rings. The van der Waals surface area contributed by atoms with Gasteiger partial charge in [0.2, 0.25) is 3.79 Å². The van der Waals surface area contributed by atoms with Crippen molar-refractivity contribution in [3.63, 3.8) is 0 Å². The van der Waals surface area contributed by atoms with Crippen LogP contribution in [-0.2, 0) is 14.6 Å². The van der Waals surface area contributed by atoms with E-state index in [9.17, 15) is 5.26 Å². The van der Waals surface area contributed by atoms with Crippen molar-refractivity contribution in [2.75, 3.05) is 0 Å². The van der Waals surface area contributed by atoms with Crippen LogP contribution in [0, 0.1) is 11.3 Å². The van der Waals surface area contributed by atoms with Crippen LogP contribution in [0.4, 0.5) is 0 Å². The number of hydrogen-bond acceptors (Lipinski definition) is 1. The lowest BCUT2D eigenvalue weighted by Crippen LogP contribution is -2.25. The van der Waals surface area contributed by atoms with E-state index in [1.807, 2.05) is 37.3 Å². The number of halogens is 5. The number of rotatable bonds is 2. The first kappa shape index (κ1) is 20.2. The third-order valence-electron chi connectivity index (χ3n) is 4.97. The zero-order valence-electron chi connectivity index (χ0n) is 14.5. The maximum absolute atomic E-state index is 9.95. The first-order valence-corrected chi connectivity index (χ1v) is 10.1. The number of para-hydroxylation sites is 1. The summed E-state index contributed by atoms with van der Waals surface area (Å²) < 4.78 is 0.0538. The third-order valence-corrected chi connectivity index (χ3v) is 5.92. The van der Waals surface area contributed by atoms with E-state index in [0.29, 0.717) is 17.8 Å². The van der Waals surface area contributed by atoms with Gasteiger partial charge in [-0.2, -0.15) is 5.26 Å². The minimum Gasteiger partial charge on any atom is -0.310 e. The molecule has 0 saturated heterocycles. The van der Waals surface area contributed by atoms with Gasteiger partial charge < -0.3 is 4.57 Å². The molecule has 0 N–H and O–H groups in total. The van der Waals surface area contributed by atoms with E-state index in [1.54, 1.807) is 4.57 Å². The molecule has 26 heavy (non-hydrogen) atoms. The standard InChI is InChI=1S/C19H17Cl5N2/c1-17(2)9-18(3,10-25)13-12(17)14(16(20)21)26(15(13)19(22,23)24)11-7-5-4-6-8-11/h4-8,16H,9H2,1-3H3. The molecule has 1 aliphatic carbocycles. The molecule has 1 aliphatic rings. The van der Waals surface area contributed by atoms with Crippen LogP contribution in [-0.4, -0.2) is 4.57 Å².